The first-order chi connectivity index (χ1) is 16.8. The summed E-state index contributed by atoms with van der Waals surface area (Å²) in [5, 5.41) is 11.7. The number of benzene rings is 3. The second kappa shape index (κ2) is 8.74. The van der Waals surface area contributed by atoms with Gasteiger partial charge in [-0.3, -0.25) is 14.5 Å². The third-order valence-corrected chi connectivity index (χ3v) is 7.36. The Kier molecular flexibility index (Phi) is 5.73. The van der Waals surface area contributed by atoms with Crippen LogP contribution < -0.4 is 4.90 Å². The summed E-state index contributed by atoms with van der Waals surface area (Å²) in [4.78, 5) is 32.6. The van der Waals surface area contributed by atoms with E-state index in [0.717, 1.165) is 34.4 Å². The van der Waals surface area contributed by atoms with Crippen LogP contribution in [-0.2, 0) is 16.0 Å². The lowest BCUT2D eigenvalue weighted by Gasteiger charge is -2.23. The summed E-state index contributed by atoms with van der Waals surface area (Å²) in [6.45, 7) is 5.79. The van der Waals surface area contributed by atoms with Gasteiger partial charge in [-0.05, 0) is 61.2 Å². The summed E-state index contributed by atoms with van der Waals surface area (Å²) in [5.41, 5.74) is 4.54. The minimum atomic E-state index is -0.869. The highest BCUT2D eigenvalue weighted by molar-refractivity contribution is 7.22. The van der Waals surface area contributed by atoms with E-state index in [1.807, 2.05) is 57.2 Å². The summed E-state index contributed by atoms with van der Waals surface area (Å²) in [5.74, 6) is -2.18. The number of amides is 1. The topological polar surface area (TPSA) is 70.5 Å². The van der Waals surface area contributed by atoms with Crippen molar-refractivity contribution in [3.05, 3.63) is 99.9 Å². The fourth-order valence-electron chi connectivity index (χ4n) is 4.41. The zero-order valence-corrected chi connectivity index (χ0v) is 20.3. The van der Waals surface area contributed by atoms with Gasteiger partial charge < -0.3 is 5.11 Å². The number of aliphatic hydroxyl groups excluding tert-OH is 1. The predicted molar refractivity (Wildman–Crippen MR) is 136 cm³/mol. The van der Waals surface area contributed by atoms with Crippen LogP contribution in [0.15, 0.2) is 66.2 Å². The van der Waals surface area contributed by atoms with Gasteiger partial charge in [-0.1, -0.05) is 60.2 Å². The second-order valence-electron chi connectivity index (χ2n) is 8.69. The van der Waals surface area contributed by atoms with E-state index in [1.54, 1.807) is 12.1 Å². The predicted octanol–water partition coefficient (Wildman–Crippen LogP) is 6.24. The minimum Gasteiger partial charge on any atom is -0.507 e. The van der Waals surface area contributed by atoms with Crippen LogP contribution >= 0.6 is 11.3 Å². The number of anilines is 1. The summed E-state index contributed by atoms with van der Waals surface area (Å²) < 4.78 is 14.4. The first-order valence-corrected chi connectivity index (χ1v) is 12.1. The van der Waals surface area contributed by atoms with Gasteiger partial charge in [0, 0.05) is 5.56 Å². The van der Waals surface area contributed by atoms with E-state index >= 15 is 0 Å². The molecular weight excluding hydrogens is 463 g/mol. The quantitative estimate of drug-likeness (QED) is 0.211. The Morgan fingerprint density at radius 3 is 2.51 bits per heavy atom. The fourth-order valence-corrected chi connectivity index (χ4v) is 5.42. The third-order valence-electron chi connectivity index (χ3n) is 6.34. The normalized spacial score (nSPS) is 17.5. The number of Topliss-reactive ketones (excluding diaryl/α,β-unsaturated/α-hetero) is 1. The van der Waals surface area contributed by atoms with Gasteiger partial charge >= 0.3 is 5.91 Å². The zero-order valence-electron chi connectivity index (χ0n) is 19.5. The molecule has 7 heteroatoms. The molecule has 5 nitrogen and oxygen atoms in total. The Hall–Kier alpha value is -3.84. The molecule has 1 amide bonds. The van der Waals surface area contributed by atoms with E-state index < -0.39 is 23.5 Å². The molecule has 5 rings (SSSR count). The van der Waals surface area contributed by atoms with Crippen LogP contribution in [0.25, 0.3) is 16.0 Å². The Labute approximate surface area is 206 Å². The molecule has 35 heavy (non-hydrogen) atoms. The van der Waals surface area contributed by atoms with Crippen molar-refractivity contribution in [1.29, 1.82) is 0 Å². The fraction of sp³-hybridized carbons (Fsp3) is 0.179. The number of ketones is 1. The molecular formula is C28H23FN2O3S. The molecule has 3 aromatic carbocycles. The van der Waals surface area contributed by atoms with E-state index in [9.17, 15) is 19.1 Å². The van der Waals surface area contributed by atoms with Gasteiger partial charge in [-0.25, -0.2) is 9.37 Å². The average Bonchev–Trinajstić information content (AvgIpc) is 3.38. The van der Waals surface area contributed by atoms with Gasteiger partial charge in [0.25, 0.3) is 5.78 Å². The summed E-state index contributed by atoms with van der Waals surface area (Å²) >= 11 is 1.13. The van der Waals surface area contributed by atoms with Gasteiger partial charge in [0.15, 0.2) is 5.13 Å². The number of fused-ring (bicyclic) bond motifs is 1. The standard InChI is InChI=1S/C28H23FN2O3S/c1-4-17-7-9-18(10-8-17)24-23(25(32)20-13-15(2)5-6-16(20)3)26(33)27(34)31(24)28-30-21-12-11-19(29)14-22(21)35-28/h5-14,24,32H,4H2,1-3H3. The number of nitrogens with zero attached hydrogens (tertiary/aromatic N) is 2. The highest BCUT2D eigenvalue weighted by atomic mass is 32.1. The molecule has 0 spiro atoms. The maximum Gasteiger partial charge on any atom is 0.301 e. The van der Waals surface area contributed by atoms with Crippen molar-refractivity contribution in [2.45, 2.75) is 33.2 Å². The number of aryl methyl sites for hydroxylation is 3. The van der Waals surface area contributed by atoms with Gasteiger partial charge in [-0.15, -0.1) is 0 Å². The van der Waals surface area contributed by atoms with Gasteiger partial charge in [-0.2, -0.15) is 0 Å². The number of aromatic nitrogens is 1. The number of hydrogen-bond acceptors (Lipinski definition) is 5. The highest BCUT2D eigenvalue weighted by Gasteiger charge is 2.48. The van der Waals surface area contributed by atoms with Crippen molar-refractivity contribution in [3.8, 4) is 0 Å². The minimum absolute atomic E-state index is 0.0124. The molecule has 4 aromatic rings. The Bertz CT molecular complexity index is 1520. The number of carbonyl (C=O) groups is 2. The Morgan fingerprint density at radius 2 is 1.80 bits per heavy atom. The van der Waals surface area contributed by atoms with Crippen LogP contribution in [0.5, 0.6) is 0 Å². The van der Waals surface area contributed by atoms with Crippen LogP contribution in [0.2, 0.25) is 0 Å². The molecule has 176 valence electrons. The van der Waals surface area contributed by atoms with Gasteiger partial charge in [0.1, 0.15) is 11.6 Å². The van der Waals surface area contributed by atoms with Crippen molar-refractivity contribution in [1.82, 2.24) is 4.98 Å². The molecule has 1 unspecified atom stereocenters. The number of hydrogen-bond donors (Lipinski definition) is 1. The van der Waals surface area contributed by atoms with Crippen molar-refractivity contribution in [3.63, 3.8) is 0 Å². The average molecular weight is 487 g/mol. The first kappa shape index (κ1) is 22.9. The Morgan fingerprint density at radius 1 is 1.06 bits per heavy atom. The molecule has 1 fully saturated rings. The lowest BCUT2D eigenvalue weighted by atomic mass is 9.93. The summed E-state index contributed by atoms with van der Waals surface area (Å²) in [7, 11) is 0. The molecule has 1 N–H and O–H groups in total. The van der Waals surface area contributed by atoms with Crippen molar-refractivity contribution in [2.24, 2.45) is 0 Å². The number of halogens is 1. The summed E-state index contributed by atoms with van der Waals surface area (Å²) in [6.07, 6.45) is 0.840. The molecule has 0 bridgehead atoms. The second-order valence-corrected chi connectivity index (χ2v) is 9.70. The molecule has 1 aliphatic heterocycles. The van der Waals surface area contributed by atoms with Gasteiger partial charge in [0.2, 0.25) is 0 Å². The van der Waals surface area contributed by atoms with Crippen LogP contribution in [-0.4, -0.2) is 21.8 Å². The number of aliphatic hydroxyl groups is 1. The van der Waals surface area contributed by atoms with E-state index in [1.165, 1.54) is 17.0 Å². The van der Waals surface area contributed by atoms with Crippen LogP contribution in [0.3, 0.4) is 0 Å². The van der Waals surface area contributed by atoms with Crippen molar-refractivity contribution >= 4 is 44.1 Å². The molecule has 0 radical (unpaired) electrons. The lowest BCUT2D eigenvalue weighted by molar-refractivity contribution is -0.132. The zero-order chi connectivity index (χ0) is 24.9. The van der Waals surface area contributed by atoms with Crippen LogP contribution in [0, 0.1) is 19.7 Å². The Balaban J connectivity index is 1.75. The van der Waals surface area contributed by atoms with Gasteiger partial charge in [0.05, 0.1) is 21.8 Å². The summed E-state index contributed by atoms with van der Waals surface area (Å²) in [6, 6.07) is 16.6. The molecule has 1 aromatic heterocycles. The maximum absolute atomic E-state index is 13.8. The lowest BCUT2D eigenvalue weighted by Crippen LogP contribution is -2.29. The molecule has 1 aliphatic rings. The van der Waals surface area contributed by atoms with Crippen LogP contribution in [0.1, 0.15) is 40.8 Å². The maximum atomic E-state index is 13.8. The smallest absolute Gasteiger partial charge is 0.301 e. The highest BCUT2D eigenvalue weighted by Crippen LogP contribution is 2.44. The molecule has 1 saturated heterocycles. The largest absolute Gasteiger partial charge is 0.507 e. The van der Waals surface area contributed by atoms with Crippen LogP contribution in [0.4, 0.5) is 9.52 Å². The van der Waals surface area contributed by atoms with E-state index in [-0.39, 0.29) is 16.5 Å². The molecule has 1 atom stereocenters. The molecule has 0 aliphatic carbocycles. The molecule has 2 heterocycles. The van der Waals surface area contributed by atoms with Crippen molar-refractivity contribution in [2.75, 3.05) is 4.90 Å². The molecule has 0 saturated carbocycles. The van der Waals surface area contributed by atoms with Crippen molar-refractivity contribution < 1.29 is 19.1 Å². The van der Waals surface area contributed by atoms with E-state index in [0.29, 0.717) is 21.3 Å². The number of carbonyl (C=O) groups excluding carboxylic acids is 2. The van der Waals surface area contributed by atoms with E-state index in [2.05, 4.69) is 4.98 Å². The third kappa shape index (κ3) is 3.91. The monoisotopic (exact) mass is 486 g/mol. The number of thiazole rings is 1. The number of rotatable bonds is 4. The van der Waals surface area contributed by atoms with E-state index in [4.69, 9.17) is 0 Å². The SMILES string of the molecule is CCc1ccc(C2C(=C(O)c3cc(C)ccc3C)C(=O)C(=O)N2c2nc3ccc(F)cc3s2)cc1. The first-order valence-electron chi connectivity index (χ1n) is 11.3.